The van der Waals surface area contributed by atoms with Gasteiger partial charge in [0, 0.05) is 41.5 Å². The van der Waals surface area contributed by atoms with Gasteiger partial charge in [-0.15, -0.1) is 11.8 Å². The van der Waals surface area contributed by atoms with E-state index in [2.05, 4.69) is 60.1 Å². The van der Waals surface area contributed by atoms with Crippen LogP contribution in [-0.2, 0) is 0 Å². The van der Waals surface area contributed by atoms with Crippen molar-refractivity contribution in [2.75, 3.05) is 18.0 Å². The van der Waals surface area contributed by atoms with Gasteiger partial charge in [0.25, 0.3) is 0 Å². The van der Waals surface area contributed by atoms with Crippen molar-refractivity contribution in [3.05, 3.63) is 42.1 Å². The van der Waals surface area contributed by atoms with Gasteiger partial charge in [-0.1, -0.05) is 0 Å². The van der Waals surface area contributed by atoms with Crippen LogP contribution in [0.3, 0.4) is 0 Å². The van der Waals surface area contributed by atoms with Crippen molar-refractivity contribution in [1.82, 2.24) is 4.90 Å². The number of allylic oxidation sites excluding steroid dienone is 2. The Morgan fingerprint density at radius 3 is 2.50 bits per heavy atom. The molecule has 3 aliphatic heterocycles. The van der Waals surface area contributed by atoms with Gasteiger partial charge in [-0.25, -0.2) is 0 Å². The Morgan fingerprint density at radius 1 is 1.00 bits per heavy atom. The first kappa shape index (κ1) is 16.5. The Hall–Kier alpha value is -1.68. The minimum Gasteiger partial charge on any atom is -0.369 e. The number of aliphatic imine (C=N–C) groups is 1. The maximum Gasteiger partial charge on any atom is 0.0771 e. The predicted molar refractivity (Wildman–Crippen MR) is 112 cm³/mol. The number of benzene rings is 1. The monoisotopic (exact) mass is 365 g/mol. The molecule has 0 N–H and O–H groups in total. The van der Waals surface area contributed by atoms with Gasteiger partial charge in [0.2, 0.25) is 0 Å². The molecule has 1 aromatic carbocycles. The first-order valence-corrected chi connectivity index (χ1v) is 10.9. The lowest BCUT2D eigenvalue weighted by atomic mass is 10.1. The van der Waals surface area contributed by atoms with E-state index < -0.39 is 0 Å². The number of hydrogen-bond acceptors (Lipinski definition) is 4. The molecule has 4 heteroatoms. The highest BCUT2D eigenvalue weighted by Crippen LogP contribution is 2.43. The van der Waals surface area contributed by atoms with E-state index in [1.54, 1.807) is 0 Å². The van der Waals surface area contributed by atoms with E-state index in [4.69, 9.17) is 4.99 Å². The van der Waals surface area contributed by atoms with E-state index >= 15 is 0 Å². The SMILES string of the molecule is CC1CCCN1C1=CC2Sc3cc(N4CCCC4C)ccc3N=C2C=C1. The topological polar surface area (TPSA) is 18.8 Å². The summed E-state index contributed by atoms with van der Waals surface area (Å²) >= 11 is 1.97. The standard InChI is InChI=1S/C22H27N3S/c1-15-5-3-11-24(15)17-7-9-19-21(13-17)26-22-14-18(8-10-20(22)23-19)25-12-4-6-16(25)2/h7-10,13-16,21H,3-6,11-12H2,1-2H3. The Labute approximate surface area is 160 Å². The Kier molecular flexibility index (Phi) is 4.11. The number of fused-ring (bicyclic) bond motifs is 2. The van der Waals surface area contributed by atoms with Gasteiger partial charge in [-0.05, 0) is 76.0 Å². The molecule has 136 valence electrons. The van der Waals surface area contributed by atoms with Crippen LogP contribution >= 0.6 is 11.8 Å². The summed E-state index contributed by atoms with van der Waals surface area (Å²) in [6.07, 6.45) is 12.2. The molecule has 3 nitrogen and oxygen atoms in total. The van der Waals surface area contributed by atoms with Crippen LogP contribution in [0.15, 0.2) is 52.0 Å². The fraction of sp³-hybridized carbons (Fsp3) is 0.500. The first-order chi connectivity index (χ1) is 12.7. The zero-order valence-corrected chi connectivity index (χ0v) is 16.5. The molecular weight excluding hydrogens is 338 g/mol. The van der Waals surface area contributed by atoms with Crippen LogP contribution in [0, 0.1) is 0 Å². The fourth-order valence-electron chi connectivity index (χ4n) is 4.73. The molecule has 0 radical (unpaired) electrons. The van der Waals surface area contributed by atoms with Crippen molar-refractivity contribution in [1.29, 1.82) is 0 Å². The molecule has 2 fully saturated rings. The highest BCUT2D eigenvalue weighted by atomic mass is 32.2. The van der Waals surface area contributed by atoms with Crippen LogP contribution in [0.4, 0.5) is 11.4 Å². The van der Waals surface area contributed by atoms with Crippen LogP contribution < -0.4 is 4.90 Å². The minimum absolute atomic E-state index is 0.349. The van der Waals surface area contributed by atoms with Crippen molar-refractivity contribution in [3.8, 4) is 0 Å². The van der Waals surface area contributed by atoms with Gasteiger partial charge >= 0.3 is 0 Å². The second-order valence-electron chi connectivity index (χ2n) is 8.02. The van der Waals surface area contributed by atoms with Gasteiger partial charge in [0.05, 0.1) is 16.6 Å². The van der Waals surface area contributed by atoms with Gasteiger partial charge in [0.1, 0.15) is 0 Å². The summed E-state index contributed by atoms with van der Waals surface area (Å²) in [5.74, 6) is 0. The van der Waals surface area contributed by atoms with Gasteiger partial charge < -0.3 is 9.80 Å². The molecule has 26 heavy (non-hydrogen) atoms. The van der Waals surface area contributed by atoms with Gasteiger partial charge in [-0.2, -0.15) is 0 Å². The zero-order chi connectivity index (χ0) is 17.7. The number of hydrogen-bond donors (Lipinski definition) is 0. The molecule has 5 rings (SSSR count). The smallest absolute Gasteiger partial charge is 0.0771 e. The third-order valence-corrected chi connectivity index (χ3v) is 7.47. The van der Waals surface area contributed by atoms with Gasteiger partial charge in [0.15, 0.2) is 0 Å². The number of rotatable bonds is 2. The molecular formula is C22H27N3S. The second kappa shape index (κ2) is 6.49. The van der Waals surface area contributed by atoms with E-state index in [1.165, 1.54) is 60.8 Å². The van der Waals surface area contributed by atoms with Crippen LogP contribution in [0.5, 0.6) is 0 Å². The molecule has 0 spiro atoms. The molecule has 2 saturated heterocycles. The fourth-order valence-corrected chi connectivity index (χ4v) is 5.88. The summed E-state index contributed by atoms with van der Waals surface area (Å²) in [6, 6.07) is 8.15. The van der Waals surface area contributed by atoms with Crippen molar-refractivity contribution in [2.45, 2.75) is 61.8 Å². The summed E-state index contributed by atoms with van der Waals surface area (Å²) in [7, 11) is 0. The van der Waals surface area contributed by atoms with E-state index in [9.17, 15) is 0 Å². The molecule has 3 atom stereocenters. The predicted octanol–water partition coefficient (Wildman–Crippen LogP) is 5.16. The van der Waals surface area contributed by atoms with Crippen molar-refractivity contribution in [2.24, 2.45) is 4.99 Å². The second-order valence-corrected chi connectivity index (χ2v) is 9.20. The highest BCUT2D eigenvalue weighted by molar-refractivity contribution is 8.01. The van der Waals surface area contributed by atoms with E-state index in [-0.39, 0.29) is 0 Å². The Bertz CT molecular complexity index is 810. The van der Waals surface area contributed by atoms with Crippen molar-refractivity contribution >= 4 is 28.8 Å². The summed E-state index contributed by atoms with van der Waals surface area (Å²) in [5.41, 5.74) is 5.08. The van der Waals surface area contributed by atoms with Crippen LogP contribution in [0.2, 0.25) is 0 Å². The number of thioether (sulfide) groups is 1. The van der Waals surface area contributed by atoms with Crippen LogP contribution in [0.25, 0.3) is 0 Å². The normalized spacial score (nSPS) is 30.2. The molecule has 0 aromatic heterocycles. The Morgan fingerprint density at radius 2 is 1.77 bits per heavy atom. The van der Waals surface area contributed by atoms with Crippen LogP contribution in [0.1, 0.15) is 39.5 Å². The zero-order valence-electron chi connectivity index (χ0n) is 15.7. The average Bonchev–Trinajstić information content (AvgIpc) is 3.27. The quantitative estimate of drug-likeness (QED) is 0.721. The lowest BCUT2D eigenvalue weighted by molar-refractivity contribution is 0.349. The first-order valence-electron chi connectivity index (χ1n) is 10.0. The van der Waals surface area contributed by atoms with E-state index in [0.29, 0.717) is 17.3 Å². The summed E-state index contributed by atoms with van der Waals surface area (Å²) in [5, 5.41) is 0.349. The third-order valence-electron chi connectivity index (χ3n) is 6.25. The minimum atomic E-state index is 0.349. The van der Waals surface area contributed by atoms with Gasteiger partial charge in [-0.3, -0.25) is 4.99 Å². The molecule has 3 unspecified atom stereocenters. The average molecular weight is 366 g/mol. The summed E-state index contributed by atoms with van der Waals surface area (Å²) in [6.45, 7) is 7.06. The maximum atomic E-state index is 4.96. The van der Waals surface area contributed by atoms with Crippen molar-refractivity contribution in [3.63, 3.8) is 0 Å². The number of likely N-dealkylation sites (tertiary alicyclic amines) is 1. The lowest BCUT2D eigenvalue weighted by Crippen LogP contribution is -2.29. The molecule has 0 bridgehead atoms. The highest BCUT2D eigenvalue weighted by Gasteiger charge is 2.29. The lowest BCUT2D eigenvalue weighted by Gasteiger charge is -2.31. The third kappa shape index (κ3) is 2.79. The number of anilines is 1. The van der Waals surface area contributed by atoms with Crippen molar-refractivity contribution < 1.29 is 0 Å². The molecule has 4 aliphatic rings. The largest absolute Gasteiger partial charge is 0.369 e. The molecule has 1 aliphatic carbocycles. The molecule has 0 amide bonds. The molecule has 1 aromatic rings. The molecule has 0 saturated carbocycles. The molecule has 3 heterocycles. The van der Waals surface area contributed by atoms with E-state index in [0.717, 1.165) is 5.69 Å². The van der Waals surface area contributed by atoms with Crippen LogP contribution in [-0.4, -0.2) is 41.0 Å². The Balaban J connectivity index is 1.43. The summed E-state index contributed by atoms with van der Waals surface area (Å²) < 4.78 is 0. The summed E-state index contributed by atoms with van der Waals surface area (Å²) in [4.78, 5) is 11.4. The number of nitrogens with zero attached hydrogens (tertiary/aromatic N) is 3. The maximum absolute atomic E-state index is 4.96. The van der Waals surface area contributed by atoms with E-state index in [1.807, 2.05) is 11.8 Å².